The van der Waals surface area contributed by atoms with E-state index in [2.05, 4.69) is 36.5 Å². The van der Waals surface area contributed by atoms with Crippen LogP contribution >= 0.6 is 0 Å². The molecule has 0 radical (unpaired) electrons. The average Bonchev–Trinajstić information content (AvgIpc) is 2.63. The smallest absolute Gasteiger partial charge is 0.189 e. The van der Waals surface area contributed by atoms with Crippen LogP contribution in [0.15, 0.2) is 60.7 Å². The third-order valence-electron chi connectivity index (χ3n) is 4.28. The van der Waals surface area contributed by atoms with Crippen LogP contribution in [0.1, 0.15) is 21.5 Å². The molecule has 1 N–H and O–H groups in total. The number of ether oxygens (including phenoxy) is 1. The molecule has 3 aromatic carbocycles. The summed E-state index contributed by atoms with van der Waals surface area (Å²) >= 11 is 0. The molecule has 0 saturated heterocycles. The van der Waals surface area contributed by atoms with Gasteiger partial charge in [0.25, 0.3) is 0 Å². The Hall–Kier alpha value is -3.07. The van der Waals surface area contributed by atoms with Crippen molar-refractivity contribution in [1.29, 1.82) is 0 Å². The lowest BCUT2D eigenvalue weighted by molar-refractivity contribution is 0.112. The van der Waals surface area contributed by atoms with Crippen molar-refractivity contribution in [3.05, 3.63) is 77.4 Å². The number of aldehydes is 1. The molecule has 3 aromatic rings. The van der Waals surface area contributed by atoms with Gasteiger partial charge in [0.1, 0.15) is 12.0 Å². The first-order valence-corrected chi connectivity index (χ1v) is 7.93. The predicted octanol–water partition coefficient (Wildman–Crippen LogP) is 4.80. The summed E-state index contributed by atoms with van der Waals surface area (Å²) < 4.78 is 6.19. The summed E-state index contributed by atoms with van der Waals surface area (Å²) in [5, 5.41) is 5.66. The van der Waals surface area contributed by atoms with Crippen molar-refractivity contribution in [3.8, 4) is 5.75 Å². The number of hydrogen-bond acceptors (Lipinski definition) is 3. The van der Waals surface area contributed by atoms with Crippen molar-refractivity contribution in [2.75, 3.05) is 5.32 Å². The molecular formula is C21H17NO2. The van der Waals surface area contributed by atoms with Gasteiger partial charge in [0.15, 0.2) is 6.23 Å². The highest BCUT2D eigenvalue weighted by molar-refractivity contribution is 5.94. The molecule has 1 aliphatic heterocycles. The van der Waals surface area contributed by atoms with E-state index in [1.54, 1.807) is 12.1 Å². The topological polar surface area (TPSA) is 38.3 Å². The van der Waals surface area contributed by atoms with E-state index < -0.39 is 0 Å². The lowest BCUT2D eigenvalue weighted by Gasteiger charge is -2.25. The number of carbonyl (C=O) groups excluding carboxylic acids is 1. The Bertz CT molecular complexity index is 942. The first-order valence-electron chi connectivity index (χ1n) is 7.93. The Balaban J connectivity index is 1.65. The van der Waals surface area contributed by atoms with Gasteiger partial charge >= 0.3 is 0 Å². The van der Waals surface area contributed by atoms with Crippen molar-refractivity contribution in [3.63, 3.8) is 0 Å². The van der Waals surface area contributed by atoms with E-state index in [9.17, 15) is 4.79 Å². The minimum atomic E-state index is -0.245. The van der Waals surface area contributed by atoms with E-state index in [0.717, 1.165) is 28.7 Å². The van der Waals surface area contributed by atoms with Gasteiger partial charge in [0.2, 0.25) is 0 Å². The second kappa shape index (κ2) is 5.85. The number of rotatable bonds is 3. The minimum Gasteiger partial charge on any atom is -0.466 e. The second-order valence-corrected chi connectivity index (χ2v) is 5.94. The number of benzene rings is 3. The zero-order valence-electron chi connectivity index (χ0n) is 13.3. The fourth-order valence-corrected chi connectivity index (χ4v) is 3.07. The lowest BCUT2D eigenvalue weighted by Crippen LogP contribution is -2.26. The first-order chi connectivity index (χ1) is 11.7. The molecule has 0 spiro atoms. The van der Waals surface area contributed by atoms with Gasteiger partial charge in [-0.25, -0.2) is 0 Å². The van der Waals surface area contributed by atoms with Gasteiger partial charge < -0.3 is 10.1 Å². The van der Waals surface area contributed by atoms with Gasteiger partial charge in [0, 0.05) is 22.2 Å². The molecule has 3 nitrogen and oxygen atoms in total. The van der Waals surface area contributed by atoms with Gasteiger partial charge in [0.05, 0.1) is 0 Å². The number of aryl methyl sites for hydroxylation is 1. The minimum absolute atomic E-state index is 0.245. The molecule has 0 bridgehead atoms. The van der Waals surface area contributed by atoms with Crippen molar-refractivity contribution in [2.45, 2.75) is 13.2 Å². The fourth-order valence-electron chi connectivity index (χ4n) is 3.07. The van der Waals surface area contributed by atoms with Crippen LogP contribution < -0.4 is 10.1 Å². The summed E-state index contributed by atoms with van der Waals surface area (Å²) in [5.74, 6) is 0.903. The van der Waals surface area contributed by atoms with Gasteiger partial charge in [-0.2, -0.15) is 0 Å². The van der Waals surface area contributed by atoms with E-state index >= 15 is 0 Å². The molecule has 4 rings (SSSR count). The third-order valence-corrected chi connectivity index (χ3v) is 4.28. The average molecular weight is 315 g/mol. The normalized spacial score (nSPS) is 15.6. The summed E-state index contributed by atoms with van der Waals surface area (Å²) in [7, 11) is 0. The maximum Gasteiger partial charge on any atom is 0.189 e. The maximum absolute atomic E-state index is 10.7. The predicted molar refractivity (Wildman–Crippen MR) is 97.6 cm³/mol. The van der Waals surface area contributed by atoms with Gasteiger partial charge in [-0.3, -0.25) is 4.79 Å². The molecule has 1 heterocycles. The maximum atomic E-state index is 10.7. The van der Waals surface area contributed by atoms with Crippen LogP contribution in [-0.4, -0.2) is 12.5 Å². The molecule has 0 saturated carbocycles. The summed E-state index contributed by atoms with van der Waals surface area (Å²) in [6, 6.07) is 17.8. The van der Waals surface area contributed by atoms with Crippen LogP contribution in [-0.2, 0) is 0 Å². The summed E-state index contributed by atoms with van der Waals surface area (Å²) in [5.41, 5.74) is 3.91. The van der Waals surface area contributed by atoms with Crippen LogP contribution in [0.4, 0.5) is 5.69 Å². The summed E-state index contributed by atoms with van der Waals surface area (Å²) in [6.45, 7) is 2.12. The Labute approximate surface area is 140 Å². The standard InChI is InChI=1S/C21H17NO2/c1-14-12-16-8-11-20(22-17-9-6-15(13-23)7-10-17)24-21(16)19-5-3-2-4-18(14)19/h2-13,20,22H,1H3. The van der Waals surface area contributed by atoms with Crippen LogP contribution in [0.25, 0.3) is 16.8 Å². The van der Waals surface area contributed by atoms with E-state index in [1.807, 2.05) is 30.3 Å². The molecule has 118 valence electrons. The largest absolute Gasteiger partial charge is 0.466 e. The molecule has 0 aliphatic carbocycles. The fraction of sp³-hybridized carbons (Fsp3) is 0.0952. The zero-order chi connectivity index (χ0) is 16.5. The van der Waals surface area contributed by atoms with E-state index in [4.69, 9.17) is 4.74 Å². The molecule has 24 heavy (non-hydrogen) atoms. The van der Waals surface area contributed by atoms with E-state index in [-0.39, 0.29) is 6.23 Å². The zero-order valence-corrected chi connectivity index (χ0v) is 13.3. The summed E-state index contributed by atoms with van der Waals surface area (Å²) in [6.07, 6.45) is 4.69. The quantitative estimate of drug-likeness (QED) is 0.705. The van der Waals surface area contributed by atoms with Crippen LogP contribution in [0, 0.1) is 6.92 Å². The molecule has 0 fully saturated rings. The van der Waals surface area contributed by atoms with Crippen LogP contribution in [0.5, 0.6) is 5.75 Å². The van der Waals surface area contributed by atoms with Gasteiger partial charge in [-0.1, -0.05) is 24.3 Å². The Kier molecular flexibility index (Phi) is 3.54. The monoisotopic (exact) mass is 315 g/mol. The van der Waals surface area contributed by atoms with Crippen molar-refractivity contribution in [2.24, 2.45) is 0 Å². The molecule has 1 unspecified atom stereocenters. The Morgan fingerprint density at radius 2 is 1.79 bits per heavy atom. The van der Waals surface area contributed by atoms with Crippen LogP contribution in [0.2, 0.25) is 0 Å². The van der Waals surface area contributed by atoms with Crippen LogP contribution in [0.3, 0.4) is 0 Å². The lowest BCUT2D eigenvalue weighted by atomic mass is 9.99. The Morgan fingerprint density at radius 1 is 1.04 bits per heavy atom. The number of nitrogens with one attached hydrogen (secondary N) is 1. The number of hydrogen-bond donors (Lipinski definition) is 1. The number of anilines is 1. The van der Waals surface area contributed by atoms with E-state index in [0.29, 0.717) is 5.56 Å². The second-order valence-electron chi connectivity index (χ2n) is 5.94. The van der Waals surface area contributed by atoms with Gasteiger partial charge in [-0.05, 0) is 60.4 Å². The molecular weight excluding hydrogens is 298 g/mol. The van der Waals surface area contributed by atoms with Gasteiger partial charge in [-0.15, -0.1) is 0 Å². The highest BCUT2D eigenvalue weighted by atomic mass is 16.5. The molecule has 1 atom stereocenters. The summed E-state index contributed by atoms with van der Waals surface area (Å²) in [4.78, 5) is 10.7. The molecule has 1 aliphatic rings. The SMILES string of the molecule is Cc1cc2c(c3ccccc13)OC(Nc1ccc(C=O)cc1)C=C2. The number of carbonyl (C=O) groups is 1. The Morgan fingerprint density at radius 3 is 2.54 bits per heavy atom. The molecule has 0 aromatic heterocycles. The molecule has 0 amide bonds. The molecule has 3 heteroatoms. The number of fused-ring (bicyclic) bond motifs is 3. The van der Waals surface area contributed by atoms with Crippen molar-refractivity contribution >= 4 is 28.8 Å². The van der Waals surface area contributed by atoms with Crippen molar-refractivity contribution < 1.29 is 9.53 Å². The van der Waals surface area contributed by atoms with E-state index in [1.165, 1.54) is 10.9 Å². The highest BCUT2D eigenvalue weighted by Crippen LogP contribution is 2.36. The highest BCUT2D eigenvalue weighted by Gasteiger charge is 2.18. The first kappa shape index (κ1) is 14.5. The third kappa shape index (κ3) is 2.54. The van der Waals surface area contributed by atoms with Crippen molar-refractivity contribution in [1.82, 2.24) is 0 Å².